The van der Waals surface area contributed by atoms with Gasteiger partial charge in [0.05, 0.1) is 5.69 Å². The van der Waals surface area contributed by atoms with Gasteiger partial charge in [-0.15, -0.1) is 0 Å². The van der Waals surface area contributed by atoms with Crippen molar-refractivity contribution in [3.63, 3.8) is 0 Å². The summed E-state index contributed by atoms with van der Waals surface area (Å²) < 4.78 is 5.34. The predicted molar refractivity (Wildman–Crippen MR) is 74.0 cm³/mol. The molecular weight excluding hydrogens is 244 g/mol. The zero-order valence-electron chi connectivity index (χ0n) is 11.1. The summed E-state index contributed by atoms with van der Waals surface area (Å²) in [4.78, 5) is 17.4. The van der Waals surface area contributed by atoms with Crippen LogP contribution >= 0.6 is 0 Å². The first-order valence-electron chi connectivity index (χ1n) is 6.43. The Morgan fingerprint density at radius 2 is 2.16 bits per heavy atom. The fraction of sp³-hybridized carbons (Fsp3) is 0.538. The monoisotopic (exact) mass is 264 g/mol. The van der Waals surface area contributed by atoms with Crippen molar-refractivity contribution in [1.29, 1.82) is 0 Å². The lowest BCUT2D eigenvalue weighted by atomic mass is 10.00. The molecule has 4 N–H and O–H groups in total. The first-order chi connectivity index (χ1) is 9.08. The predicted octanol–water partition coefficient (Wildman–Crippen LogP) is 0.626. The number of carbonyl (C=O) groups excluding carboxylic acids is 1. The van der Waals surface area contributed by atoms with Gasteiger partial charge in [-0.05, 0) is 30.9 Å². The fourth-order valence-corrected chi connectivity index (χ4v) is 2.30. The van der Waals surface area contributed by atoms with Gasteiger partial charge in [-0.1, -0.05) is 0 Å². The van der Waals surface area contributed by atoms with Crippen LogP contribution in [0.3, 0.4) is 0 Å². The molecule has 1 aromatic rings. The number of nitrogens with zero attached hydrogens (tertiary/aromatic N) is 2. The highest BCUT2D eigenvalue weighted by Crippen LogP contribution is 2.23. The van der Waals surface area contributed by atoms with Gasteiger partial charge < -0.3 is 21.1 Å². The lowest BCUT2D eigenvalue weighted by Gasteiger charge is -2.28. The Morgan fingerprint density at radius 3 is 2.79 bits per heavy atom. The second kappa shape index (κ2) is 5.88. The second-order valence-corrected chi connectivity index (χ2v) is 4.91. The Kier molecular flexibility index (Phi) is 4.21. The van der Waals surface area contributed by atoms with E-state index in [9.17, 15) is 4.79 Å². The van der Waals surface area contributed by atoms with Gasteiger partial charge in [-0.3, -0.25) is 4.79 Å². The molecule has 0 aromatic carbocycles. The van der Waals surface area contributed by atoms with E-state index in [4.69, 9.17) is 16.2 Å². The molecule has 19 heavy (non-hydrogen) atoms. The zero-order valence-corrected chi connectivity index (χ0v) is 11.1. The molecule has 1 aliphatic rings. The number of nitrogens with two attached hydrogens (primary N) is 2. The van der Waals surface area contributed by atoms with Crippen LogP contribution in [0.4, 0.5) is 11.5 Å². The summed E-state index contributed by atoms with van der Waals surface area (Å²) in [6, 6.07) is 3.21. The number of rotatable bonds is 4. The van der Waals surface area contributed by atoms with Gasteiger partial charge in [0, 0.05) is 26.8 Å². The van der Waals surface area contributed by atoms with Gasteiger partial charge >= 0.3 is 0 Å². The summed E-state index contributed by atoms with van der Waals surface area (Å²) in [6.07, 6.45) is 2.08. The average Bonchev–Trinajstić information content (AvgIpc) is 2.40. The van der Waals surface area contributed by atoms with Crippen molar-refractivity contribution >= 4 is 17.4 Å². The van der Waals surface area contributed by atoms with Crippen LogP contribution in [-0.2, 0) is 4.74 Å². The Hall–Kier alpha value is -1.82. The maximum absolute atomic E-state index is 11.2. The Balaban J connectivity index is 2.10. The number of primary amides is 1. The molecule has 0 bridgehead atoms. The molecule has 2 heterocycles. The van der Waals surface area contributed by atoms with Crippen molar-refractivity contribution in [2.45, 2.75) is 12.8 Å². The van der Waals surface area contributed by atoms with E-state index >= 15 is 0 Å². The Labute approximate surface area is 112 Å². The van der Waals surface area contributed by atoms with Crippen LogP contribution in [-0.4, -0.2) is 37.7 Å². The third kappa shape index (κ3) is 3.35. The minimum absolute atomic E-state index is 0.239. The summed E-state index contributed by atoms with van der Waals surface area (Å²) in [5.74, 6) is 0.640. The van der Waals surface area contributed by atoms with E-state index in [0.29, 0.717) is 17.4 Å². The van der Waals surface area contributed by atoms with Crippen molar-refractivity contribution in [1.82, 2.24) is 4.98 Å². The molecule has 0 atom stereocenters. The van der Waals surface area contributed by atoms with Crippen molar-refractivity contribution in [3.8, 4) is 0 Å². The van der Waals surface area contributed by atoms with Crippen LogP contribution in [0.25, 0.3) is 0 Å². The van der Waals surface area contributed by atoms with Crippen molar-refractivity contribution in [2.75, 3.05) is 37.4 Å². The molecule has 1 aromatic heterocycles. The number of anilines is 2. The van der Waals surface area contributed by atoms with Gasteiger partial charge in [0.2, 0.25) is 0 Å². The molecule has 6 nitrogen and oxygen atoms in total. The molecule has 104 valence electrons. The average molecular weight is 264 g/mol. The highest BCUT2D eigenvalue weighted by Gasteiger charge is 2.18. The largest absolute Gasteiger partial charge is 0.396 e. The molecule has 1 amide bonds. The maximum Gasteiger partial charge on any atom is 0.267 e. The highest BCUT2D eigenvalue weighted by molar-refractivity contribution is 5.91. The van der Waals surface area contributed by atoms with E-state index in [1.807, 2.05) is 11.9 Å². The molecule has 0 unspecified atom stereocenters. The lowest BCUT2D eigenvalue weighted by Crippen LogP contribution is -2.31. The van der Waals surface area contributed by atoms with Gasteiger partial charge in [0.15, 0.2) is 5.82 Å². The number of carbonyl (C=O) groups is 1. The number of nitrogen functional groups attached to an aromatic ring is 1. The maximum atomic E-state index is 11.2. The summed E-state index contributed by atoms with van der Waals surface area (Å²) in [7, 11) is 1.93. The standard InChI is InChI=1S/C13H20N4O2/c1-17(8-9-4-6-19-7-5-9)13-10(14)2-3-11(16-13)12(15)18/h2-3,9H,4-8,14H2,1H3,(H2,15,18). The Morgan fingerprint density at radius 1 is 1.47 bits per heavy atom. The van der Waals surface area contributed by atoms with E-state index in [0.717, 1.165) is 32.6 Å². The third-order valence-electron chi connectivity index (χ3n) is 3.39. The van der Waals surface area contributed by atoms with Crippen molar-refractivity contribution in [3.05, 3.63) is 17.8 Å². The minimum Gasteiger partial charge on any atom is -0.396 e. The summed E-state index contributed by atoms with van der Waals surface area (Å²) in [6.45, 7) is 2.47. The fourth-order valence-electron chi connectivity index (χ4n) is 2.30. The Bertz CT molecular complexity index is 458. The van der Waals surface area contributed by atoms with Gasteiger partial charge in [0.25, 0.3) is 5.91 Å². The summed E-state index contributed by atoms with van der Waals surface area (Å²) >= 11 is 0. The number of hydrogen-bond acceptors (Lipinski definition) is 5. The lowest BCUT2D eigenvalue weighted by molar-refractivity contribution is 0.0685. The minimum atomic E-state index is -0.541. The third-order valence-corrected chi connectivity index (χ3v) is 3.39. The number of pyridine rings is 1. The highest BCUT2D eigenvalue weighted by atomic mass is 16.5. The first kappa shape index (κ1) is 13.6. The van der Waals surface area contributed by atoms with Crippen molar-refractivity contribution in [2.24, 2.45) is 11.7 Å². The second-order valence-electron chi connectivity index (χ2n) is 4.91. The number of amides is 1. The SMILES string of the molecule is CN(CC1CCOCC1)c1nc(C(N)=O)ccc1N. The summed E-state index contributed by atoms with van der Waals surface area (Å²) in [5, 5.41) is 0. The molecule has 0 saturated carbocycles. The van der Waals surface area contributed by atoms with Gasteiger partial charge in [-0.25, -0.2) is 4.98 Å². The molecule has 1 fully saturated rings. The topological polar surface area (TPSA) is 94.5 Å². The molecule has 1 saturated heterocycles. The van der Waals surface area contributed by atoms with E-state index in [-0.39, 0.29) is 5.69 Å². The van der Waals surface area contributed by atoms with E-state index < -0.39 is 5.91 Å². The van der Waals surface area contributed by atoms with E-state index in [1.165, 1.54) is 0 Å². The number of hydrogen-bond donors (Lipinski definition) is 2. The quantitative estimate of drug-likeness (QED) is 0.831. The molecule has 0 radical (unpaired) electrons. The normalized spacial score (nSPS) is 16.3. The van der Waals surface area contributed by atoms with Crippen LogP contribution in [0.1, 0.15) is 23.3 Å². The smallest absolute Gasteiger partial charge is 0.267 e. The first-order valence-corrected chi connectivity index (χ1v) is 6.43. The molecular formula is C13H20N4O2. The molecule has 0 aliphatic carbocycles. The van der Waals surface area contributed by atoms with E-state index in [1.54, 1.807) is 12.1 Å². The molecule has 1 aliphatic heterocycles. The van der Waals surface area contributed by atoms with Crippen LogP contribution in [0.5, 0.6) is 0 Å². The van der Waals surface area contributed by atoms with Gasteiger partial charge in [0.1, 0.15) is 5.69 Å². The van der Waals surface area contributed by atoms with Crippen LogP contribution in [0, 0.1) is 5.92 Å². The van der Waals surface area contributed by atoms with Crippen LogP contribution < -0.4 is 16.4 Å². The number of aromatic nitrogens is 1. The van der Waals surface area contributed by atoms with E-state index in [2.05, 4.69) is 4.98 Å². The van der Waals surface area contributed by atoms with Crippen LogP contribution in [0.15, 0.2) is 12.1 Å². The molecule has 6 heteroatoms. The number of ether oxygens (including phenoxy) is 1. The van der Waals surface area contributed by atoms with Crippen molar-refractivity contribution < 1.29 is 9.53 Å². The van der Waals surface area contributed by atoms with Gasteiger partial charge in [-0.2, -0.15) is 0 Å². The van der Waals surface area contributed by atoms with Crippen LogP contribution in [0.2, 0.25) is 0 Å². The molecule has 0 spiro atoms. The molecule has 2 rings (SSSR count). The zero-order chi connectivity index (χ0) is 13.8. The summed E-state index contributed by atoms with van der Waals surface area (Å²) in [5.41, 5.74) is 11.9.